The summed E-state index contributed by atoms with van der Waals surface area (Å²) in [5.74, 6) is 1.31. The molecule has 5 nitrogen and oxygen atoms in total. The van der Waals surface area contributed by atoms with E-state index in [9.17, 15) is 0 Å². The Morgan fingerprint density at radius 3 is 2.67 bits per heavy atom. The van der Waals surface area contributed by atoms with Crippen molar-refractivity contribution in [2.45, 2.75) is 0 Å². The van der Waals surface area contributed by atoms with Crippen LogP contribution in [0.4, 0.5) is 5.95 Å². The molecule has 18 heavy (non-hydrogen) atoms. The largest absolute Gasteiger partial charge is 0.497 e. The first kappa shape index (κ1) is 12.3. The molecule has 0 unspecified atom stereocenters. The van der Waals surface area contributed by atoms with Crippen LogP contribution in [0, 0.1) is 0 Å². The average molecular weight is 245 g/mol. The zero-order valence-electron chi connectivity index (χ0n) is 10.1. The number of rotatable bonds is 5. The van der Waals surface area contributed by atoms with Crippen molar-refractivity contribution in [3.63, 3.8) is 0 Å². The van der Waals surface area contributed by atoms with E-state index in [1.807, 2.05) is 24.3 Å². The molecule has 0 saturated heterocycles. The lowest BCUT2D eigenvalue weighted by atomic mass is 10.1. The second kappa shape index (κ2) is 5.97. The van der Waals surface area contributed by atoms with Gasteiger partial charge in [-0.05, 0) is 17.7 Å². The number of hydrogen-bond acceptors (Lipinski definition) is 5. The van der Waals surface area contributed by atoms with E-state index in [-0.39, 0.29) is 6.61 Å². The molecule has 0 spiro atoms. The summed E-state index contributed by atoms with van der Waals surface area (Å²) in [6.45, 7) is 0.500. The fourth-order valence-electron chi connectivity index (χ4n) is 1.54. The van der Waals surface area contributed by atoms with E-state index in [0.29, 0.717) is 12.5 Å². The molecule has 2 rings (SSSR count). The third-order valence-corrected chi connectivity index (χ3v) is 2.45. The highest BCUT2D eigenvalue weighted by Crippen LogP contribution is 2.22. The molecule has 0 atom stereocenters. The van der Waals surface area contributed by atoms with E-state index in [1.165, 1.54) is 0 Å². The first-order valence-electron chi connectivity index (χ1n) is 5.64. The van der Waals surface area contributed by atoms with Crippen molar-refractivity contribution < 1.29 is 9.84 Å². The van der Waals surface area contributed by atoms with Crippen LogP contribution < -0.4 is 10.1 Å². The molecular weight excluding hydrogens is 230 g/mol. The normalized spacial score (nSPS) is 10.1. The van der Waals surface area contributed by atoms with Gasteiger partial charge in [0.2, 0.25) is 5.95 Å². The van der Waals surface area contributed by atoms with Crippen LogP contribution in [-0.4, -0.2) is 35.3 Å². The van der Waals surface area contributed by atoms with E-state index in [1.54, 1.807) is 19.5 Å². The molecule has 5 heteroatoms. The Balaban J connectivity index is 2.17. The van der Waals surface area contributed by atoms with Crippen molar-refractivity contribution in [3.05, 3.63) is 36.7 Å². The summed E-state index contributed by atoms with van der Waals surface area (Å²) in [7, 11) is 1.64. The monoisotopic (exact) mass is 245 g/mol. The molecule has 1 aromatic heterocycles. The molecule has 0 saturated carbocycles. The minimum Gasteiger partial charge on any atom is -0.497 e. The number of aliphatic hydroxyl groups is 1. The van der Waals surface area contributed by atoms with E-state index in [4.69, 9.17) is 9.84 Å². The number of nitrogens with one attached hydrogen (secondary N) is 1. The number of ether oxygens (including phenoxy) is 1. The molecule has 0 aliphatic carbocycles. The summed E-state index contributed by atoms with van der Waals surface area (Å²) in [5, 5.41) is 11.6. The highest BCUT2D eigenvalue weighted by Gasteiger charge is 2.01. The Bertz CT molecular complexity index is 500. The minimum absolute atomic E-state index is 0.0565. The Labute approximate surface area is 105 Å². The molecule has 1 aromatic carbocycles. The summed E-state index contributed by atoms with van der Waals surface area (Å²) < 4.78 is 5.17. The van der Waals surface area contributed by atoms with Crippen LogP contribution in [0.15, 0.2) is 36.7 Å². The Morgan fingerprint density at radius 2 is 2.00 bits per heavy atom. The van der Waals surface area contributed by atoms with Crippen LogP contribution in [-0.2, 0) is 0 Å². The van der Waals surface area contributed by atoms with Gasteiger partial charge in [0, 0.05) is 24.5 Å². The van der Waals surface area contributed by atoms with Crippen LogP contribution in [0.2, 0.25) is 0 Å². The Morgan fingerprint density at radius 1 is 1.22 bits per heavy atom. The van der Waals surface area contributed by atoms with E-state index in [0.717, 1.165) is 16.9 Å². The Kier molecular flexibility index (Phi) is 4.09. The number of benzene rings is 1. The fraction of sp³-hybridized carbons (Fsp3) is 0.231. The van der Waals surface area contributed by atoms with Gasteiger partial charge in [-0.3, -0.25) is 0 Å². The van der Waals surface area contributed by atoms with Crippen molar-refractivity contribution in [1.29, 1.82) is 0 Å². The van der Waals surface area contributed by atoms with Gasteiger partial charge in [-0.15, -0.1) is 0 Å². The van der Waals surface area contributed by atoms with Crippen molar-refractivity contribution >= 4 is 5.95 Å². The maximum Gasteiger partial charge on any atom is 0.222 e. The number of hydrogen-bond donors (Lipinski definition) is 2. The molecule has 1 heterocycles. The molecule has 94 valence electrons. The quantitative estimate of drug-likeness (QED) is 0.836. The first-order chi connectivity index (χ1) is 8.83. The highest BCUT2D eigenvalue weighted by molar-refractivity contribution is 5.63. The standard InChI is InChI=1S/C13H15N3O2/c1-18-12-4-2-3-10(7-12)11-8-15-13(16-9-11)14-5-6-17/h2-4,7-9,17H,5-6H2,1H3,(H,14,15,16). The Hall–Kier alpha value is -2.14. The SMILES string of the molecule is COc1cccc(-c2cnc(NCCO)nc2)c1. The predicted octanol–water partition coefficient (Wildman–Crippen LogP) is 1.56. The van der Waals surface area contributed by atoms with Crippen molar-refractivity contribution in [2.24, 2.45) is 0 Å². The van der Waals surface area contributed by atoms with Crippen LogP contribution in [0.25, 0.3) is 11.1 Å². The number of aliphatic hydroxyl groups excluding tert-OH is 1. The van der Waals surface area contributed by atoms with Gasteiger partial charge in [0.15, 0.2) is 0 Å². The number of methoxy groups -OCH3 is 1. The topological polar surface area (TPSA) is 67.3 Å². The molecule has 0 fully saturated rings. The van der Waals surface area contributed by atoms with Crippen molar-refractivity contribution in [2.75, 3.05) is 25.6 Å². The van der Waals surface area contributed by atoms with Crippen LogP contribution >= 0.6 is 0 Å². The molecule has 0 aliphatic rings. The molecule has 2 aromatic rings. The number of nitrogens with zero attached hydrogens (tertiary/aromatic N) is 2. The first-order valence-corrected chi connectivity index (χ1v) is 5.64. The number of anilines is 1. The second-order valence-corrected chi connectivity index (χ2v) is 3.68. The van der Waals surface area contributed by atoms with Gasteiger partial charge in [0.1, 0.15) is 5.75 Å². The van der Waals surface area contributed by atoms with E-state index in [2.05, 4.69) is 15.3 Å². The second-order valence-electron chi connectivity index (χ2n) is 3.68. The van der Waals surface area contributed by atoms with E-state index >= 15 is 0 Å². The smallest absolute Gasteiger partial charge is 0.222 e. The van der Waals surface area contributed by atoms with Crippen LogP contribution in [0.5, 0.6) is 5.75 Å². The lowest BCUT2D eigenvalue weighted by Gasteiger charge is -2.05. The molecule has 0 amide bonds. The summed E-state index contributed by atoms with van der Waals surface area (Å²) >= 11 is 0. The van der Waals surface area contributed by atoms with Gasteiger partial charge in [0.05, 0.1) is 13.7 Å². The fourth-order valence-corrected chi connectivity index (χ4v) is 1.54. The summed E-state index contributed by atoms with van der Waals surface area (Å²) in [4.78, 5) is 8.35. The van der Waals surface area contributed by atoms with Crippen LogP contribution in [0.1, 0.15) is 0 Å². The maximum atomic E-state index is 8.69. The van der Waals surface area contributed by atoms with Gasteiger partial charge in [0.25, 0.3) is 0 Å². The molecular formula is C13H15N3O2. The molecule has 0 aliphatic heterocycles. The summed E-state index contributed by atoms with van der Waals surface area (Å²) in [6.07, 6.45) is 3.48. The third kappa shape index (κ3) is 2.95. The molecule has 0 radical (unpaired) electrons. The van der Waals surface area contributed by atoms with Crippen molar-refractivity contribution in [1.82, 2.24) is 9.97 Å². The average Bonchev–Trinajstić information content (AvgIpc) is 2.46. The van der Waals surface area contributed by atoms with Crippen molar-refractivity contribution in [3.8, 4) is 16.9 Å². The zero-order valence-corrected chi connectivity index (χ0v) is 10.1. The zero-order chi connectivity index (χ0) is 12.8. The lowest BCUT2D eigenvalue weighted by molar-refractivity contribution is 0.311. The lowest BCUT2D eigenvalue weighted by Crippen LogP contribution is -2.08. The van der Waals surface area contributed by atoms with E-state index < -0.39 is 0 Å². The van der Waals surface area contributed by atoms with Gasteiger partial charge >= 0.3 is 0 Å². The molecule has 2 N–H and O–H groups in total. The predicted molar refractivity (Wildman–Crippen MR) is 69.6 cm³/mol. The third-order valence-electron chi connectivity index (χ3n) is 2.45. The maximum absolute atomic E-state index is 8.69. The van der Waals surface area contributed by atoms with Gasteiger partial charge in [-0.25, -0.2) is 9.97 Å². The highest BCUT2D eigenvalue weighted by atomic mass is 16.5. The number of aromatic nitrogens is 2. The van der Waals surface area contributed by atoms with Gasteiger partial charge in [-0.2, -0.15) is 0 Å². The van der Waals surface area contributed by atoms with Gasteiger partial charge in [-0.1, -0.05) is 12.1 Å². The molecule has 0 bridgehead atoms. The summed E-state index contributed by atoms with van der Waals surface area (Å²) in [6, 6.07) is 7.72. The summed E-state index contributed by atoms with van der Waals surface area (Å²) in [5.41, 5.74) is 1.92. The van der Waals surface area contributed by atoms with Crippen LogP contribution in [0.3, 0.4) is 0 Å². The minimum atomic E-state index is 0.0565. The van der Waals surface area contributed by atoms with Gasteiger partial charge < -0.3 is 15.2 Å².